The Morgan fingerprint density at radius 1 is 1.30 bits per heavy atom. The van der Waals surface area contributed by atoms with Gasteiger partial charge in [0.05, 0.1) is 18.3 Å². The summed E-state index contributed by atoms with van der Waals surface area (Å²) in [6.45, 7) is 8.41. The topological polar surface area (TPSA) is 61.6 Å². The van der Waals surface area contributed by atoms with Gasteiger partial charge in [-0.25, -0.2) is 0 Å². The molecule has 3 rings (SSSR count). The summed E-state index contributed by atoms with van der Waals surface area (Å²) in [5.41, 5.74) is 5.74. The van der Waals surface area contributed by atoms with Gasteiger partial charge >= 0.3 is 0 Å². The van der Waals surface area contributed by atoms with Crippen LogP contribution >= 0.6 is 0 Å². The van der Waals surface area contributed by atoms with Crippen LogP contribution in [0.2, 0.25) is 0 Å². The molecule has 1 aliphatic rings. The van der Waals surface area contributed by atoms with Gasteiger partial charge in [0.25, 0.3) is 0 Å². The molecule has 1 aromatic heterocycles. The fourth-order valence-electron chi connectivity index (χ4n) is 3.89. The van der Waals surface area contributed by atoms with Crippen molar-refractivity contribution in [1.82, 2.24) is 19.6 Å². The molecule has 2 heterocycles. The van der Waals surface area contributed by atoms with E-state index in [1.165, 1.54) is 11.1 Å². The standard InChI is InChI=1S/C21H30N4O2/c1-15-20(16(2)23(4)22-15)14-25(11-12-26)21(27)17(3)24-10-9-18-7-5-6-8-19(18)13-24/h5-8,17,26H,9-14H2,1-4H3. The number of aryl methyl sites for hydroxylation is 2. The summed E-state index contributed by atoms with van der Waals surface area (Å²) in [4.78, 5) is 17.2. The number of aliphatic hydroxyl groups is 1. The number of aromatic nitrogens is 2. The number of rotatable bonds is 6. The zero-order valence-corrected chi connectivity index (χ0v) is 16.8. The first-order chi connectivity index (χ1) is 12.9. The summed E-state index contributed by atoms with van der Waals surface area (Å²) in [6, 6.07) is 8.23. The molecule has 27 heavy (non-hydrogen) atoms. The molecule has 2 aromatic rings. The molecule has 0 radical (unpaired) electrons. The van der Waals surface area contributed by atoms with Crippen molar-refractivity contribution in [2.24, 2.45) is 7.05 Å². The average molecular weight is 370 g/mol. The smallest absolute Gasteiger partial charge is 0.240 e. The number of carbonyl (C=O) groups excluding carboxylic acids is 1. The Kier molecular flexibility index (Phi) is 5.97. The number of hydrogen-bond acceptors (Lipinski definition) is 4. The predicted octanol–water partition coefficient (Wildman–Crippen LogP) is 1.80. The minimum atomic E-state index is -0.220. The molecule has 0 bridgehead atoms. The second kappa shape index (κ2) is 8.23. The maximum absolute atomic E-state index is 13.2. The molecule has 0 aliphatic carbocycles. The van der Waals surface area contributed by atoms with E-state index in [9.17, 15) is 9.90 Å². The summed E-state index contributed by atoms with van der Waals surface area (Å²) >= 11 is 0. The molecule has 0 fully saturated rings. The SMILES string of the molecule is Cc1nn(C)c(C)c1CN(CCO)C(=O)C(C)N1CCc2ccccc2C1. The second-order valence-corrected chi connectivity index (χ2v) is 7.42. The number of carbonyl (C=O) groups is 1. The molecule has 1 aliphatic heterocycles. The molecule has 1 atom stereocenters. The van der Waals surface area contributed by atoms with Crippen molar-refractivity contribution < 1.29 is 9.90 Å². The maximum Gasteiger partial charge on any atom is 0.240 e. The normalized spacial score (nSPS) is 15.4. The molecule has 0 saturated carbocycles. The highest BCUT2D eigenvalue weighted by molar-refractivity contribution is 5.81. The number of aliphatic hydroxyl groups excluding tert-OH is 1. The van der Waals surface area contributed by atoms with Crippen molar-refractivity contribution in [3.63, 3.8) is 0 Å². The zero-order valence-electron chi connectivity index (χ0n) is 16.8. The lowest BCUT2D eigenvalue weighted by molar-refractivity contribution is -0.138. The molecule has 1 aromatic carbocycles. The Hall–Kier alpha value is -2.18. The molecule has 1 amide bonds. The van der Waals surface area contributed by atoms with Crippen molar-refractivity contribution in [3.05, 3.63) is 52.3 Å². The van der Waals surface area contributed by atoms with Gasteiger partial charge in [0, 0.05) is 44.5 Å². The Morgan fingerprint density at radius 2 is 2.00 bits per heavy atom. The zero-order chi connectivity index (χ0) is 19.6. The van der Waals surface area contributed by atoms with Crippen LogP contribution < -0.4 is 0 Å². The van der Waals surface area contributed by atoms with Crippen LogP contribution in [0.15, 0.2) is 24.3 Å². The van der Waals surface area contributed by atoms with Gasteiger partial charge in [-0.15, -0.1) is 0 Å². The number of hydrogen-bond donors (Lipinski definition) is 1. The van der Waals surface area contributed by atoms with E-state index in [0.29, 0.717) is 13.1 Å². The summed E-state index contributed by atoms with van der Waals surface area (Å²) in [6.07, 6.45) is 0.967. The summed E-state index contributed by atoms with van der Waals surface area (Å²) in [7, 11) is 1.91. The third kappa shape index (κ3) is 4.06. The summed E-state index contributed by atoms with van der Waals surface area (Å²) < 4.78 is 1.84. The molecule has 1 N–H and O–H groups in total. The first-order valence-corrected chi connectivity index (χ1v) is 9.62. The van der Waals surface area contributed by atoms with E-state index in [2.05, 4.69) is 34.3 Å². The number of nitrogens with zero attached hydrogens (tertiary/aromatic N) is 4. The fourth-order valence-corrected chi connectivity index (χ4v) is 3.89. The van der Waals surface area contributed by atoms with Crippen LogP contribution in [0.5, 0.6) is 0 Å². The third-order valence-electron chi connectivity index (χ3n) is 5.75. The Balaban J connectivity index is 1.74. The van der Waals surface area contributed by atoms with Crippen molar-refractivity contribution in [2.75, 3.05) is 19.7 Å². The number of fused-ring (bicyclic) bond motifs is 1. The lowest BCUT2D eigenvalue weighted by Gasteiger charge is -2.35. The van der Waals surface area contributed by atoms with E-state index in [0.717, 1.165) is 36.5 Å². The van der Waals surface area contributed by atoms with Gasteiger partial charge in [-0.1, -0.05) is 24.3 Å². The van der Waals surface area contributed by atoms with Crippen LogP contribution in [0.4, 0.5) is 0 Å². The highest BCUT2D eigenvalue weighted by atomic mass is 16.3. The van der Waals surface area contributed by atoms with E-state index >= 15 is 0 Å². The third-order valence-corrected chi connectivity index (χ3v) is 5.75. The van der Waals surface area contributed by atoms with Crippen molar-refractivity contribution in [3.8, 4) is 0 Å². The van der Waals surface area contributed by atoms with Crippen LogP contribution in [-0.2, 0) is 31.4 Å². The number of amides is 1. The molecule has 0 spiro atoms. The molecular weight excluding hydrogens is 340 g/mol. The van der Waals surface area contributed by atoms with E-state index < -0.39 is 0 Å². The first kappa shape index (κ1) is 19.6. The Morgan fingerprint density at radius 3 is 2.63 bits per heavy atom. The minimum absolute atomic E-state index is 0.0420. The van der Waals surface area contributed by atoms with E-state index in [-0.39, 0.29) is 18.6 Å². The molecule has 146 valence electrons. The van der Waals surface area contributed by atoms with Crippen LogP contribution in [-0.4, -0.2) is 56.3 Å². The van der Waals surface area contributed by atoms with Crippen LogP contribution in [0.3, 0.4) is 0 Å². The molecule has 6 heteroatoms. The van der Waals surface area contributed by atoms with Crippen LogP contribution in [0.1, 0.15) is 35.0 Å². The molecule has 0 saturated heterocycles. The summed E-state index contributed by atoms with van der Waals surface area (Å²) in [5, 5.41) is 13.9. The molecular formula is C21H30N4O2. The van der Waals surface area contributed by atoms with Gasteiger partial charge in [0.1, 0.15) is 0 Å². The van der Waals surface area contributed by atoms with Gasteiger partial charge in [0.15, 0.2) is 0 Å². The van der Waals surface area contributed by atoms with Gasteiger partial charge in [-0.2, -0.15) is 5.10 Å². The second-order valence-electron chi connectivity index (χ2n) is 7.42. The highest BCUT2D eigenvalue weighted by Crippen LogP contribution is 2.22. The van der Waals surface area contributed by atoms with Crippen molar-refractivity contribution in [2.45, 2.75) is 46.3 Å². The number of benzene rings is 1. The fraction of sp³-hybridized carbons (Fsp3) is 0.524. The van der Waals surface area contributed by atoms with E-state index in [1.54, 1.807) is 4.90 Å². The summed E-state index contributed by atoms with van der Waals surface area (Å²) in [5.74, 6) is 0.0612. The average Bonchev–Trinajstić information content (AvgIpc) is 2.92. The predicted molar refractivity (Wildman–Crippen MR) is 105 cm³/mol. The Labute approximate surface area is 161 Å². The highest BCUT2D eigenvalue weighted by Gasteiger charge is 2.29. The maximum atomic E-state index is 13.2. The van der Waals surface area contributed by atoms with E-state index in [4.69, 9.17) is 0 Å². The quantitative estimate of drug-likeness (QED) is 0.842. The van der Waals surface area contributed by atoms with Gasteiger partial charge in [-0.05, 0) is 38.3 Å². The van der Waals surface area contributed by atoms with Crippen LogP contribution in [0.25, 0.3) is 0 Å². The molecule has 6 nitrogen and oxygen atoms in total. The molecule has 1 unspecified atom stereocenters. The van der Waals surface area contributed by atoms with Crippen molar-refractivity contribution >= 4 is 5.91 Å². The van der Waals surface area contributed by atoms with E-state index in [1.807, 2.05) is 32.5 Å². The van der Waals surface area contributed by atoms with Crippen molar-refractivity contribution in [1.29, 1.82) is 0 Å². The lowest BCUT2D eigenvalue weighted by atomic mass is 9.98. The monoisotopic (exact) mass is 370 g/mol. The largest absolute Gasteiger partial charge is 0.395 e. The van der Waals surface area contributed by atoms with Gasteiger partial charge in [-0.3, -0.25) is 14.4 Å². The first-order valence-electron chi connectivity index (χ1n) is 9.62. The lowest BCUT2D eigenvalue weighted by Crippen LogP contribution is -2.49. The van der Waals surface area contributed by atoms with Gasteiger partial charge in [0.2, 0.25) is 5.91 Å². The van der Waals surface area contributed by atoms with Gasteiger partial charge < -0.3 is 10.0 Å². The minimum Gasteiger partial charge on any atom is -0.395 e. The van der Waals surface area contributed by atoms with Crippen LogP contribution in [0, 0.1) is 13.8 Å². The Bertz CT molecular complexity index is 815.